The second-order valence-electron chi connectivity index (χ2n) is 7.22. The van der Waals surface area contributed by atoms with Crippen LogP contribution in [0, 0.1) is 17.8 Å². The third-order valence-corrected chi connectivity index (χ3v) is 5.80. The molecule has 0 N–H and O–H groups in total. The number of hydrogen-bond acceptors (Lipinski definition) is 1. The second-order valence-corrected chi connectivity index (χ2v) is 7.22. The van der Waals surface area contributed by atoms with Gasteiger partial charge in [-0.3, -0.25) is 4.79 Å². The van der Waals surface area contributed by atoms with E-state index < -0.39 is 0 Å². The van der Waals surface area contributed by atoms with E-state index in [1.165, 1.54) is 35.6 Å². The highest BCUT2D eigenvalue weighted by Crippen LogP contribution is 2.57. The molecule has 2 heteroatoms. The highest BCUT2D eigenvalue weighted by Gasteiger charge is 2.51. The first-order chi connectivity index (χ1) is 10.6. The molecular formula is C20H23NO. The summed E-state index contributed by atoms with van der Waals surface area (Å²) in [5.41, 5.74) is 1.37. The summed E-state index contributed by atoms with van der Waals surface area (Å²) >= 11 is 0. The SMILES string of the molecule is CN(C)C(=O)C1C(c2ccc3ccccc3c2)[C@H]2CC[C@H]1C2. The number of amides is 1. The fourth-order valence-electron chi connectivity index (χ4n) is 4.84. The fourth-order valence-corrected chi connectivity index (χ4v) is 4.84. The molecule has 0 saturated heterocycles. The Balaban J connectivity index is 1.76. The van der Waals surface area contributed by atoms with Crippen LogP contribution in [0.1, 0.15) is 30.7 Å². The van der Waals surface area contributed by atoms with Gasteiger partial charge in [0.05, 0.1) is 0 Å². The molecule has 0 aliphatic heterocycles. The summed E-state index contributed by atoms with van der Waals surface area (Å²) in [5, 5.41) is 2.57. The molecule has 22 heavy (non-hydrogen) atoms. The molecule has 2 unspecified atom stereocenters. The maximum Gasteiger partial charge on any atom is 0.226 e. The molecule has 2 aromatic rings. The predicted octanol–water partition coefficient (Wildman–Crippen LogP) is 4.06. The van der Waals surface area contributed by atoms with Crippen LogP contribution in [-0.2, 0) is 4.79 Å². The summed E-state index contributed by atoms with van der Waals surface area (Å²) in [4.78, 5) is 14.5. The van der Waals surface area contributed by atoms with E-state index >= 15 is 0 Å². The Bertz CT molecular complexity index is 720. The third-order valence-electron chi connectivity index (χ3n) is 5.80. The van der Waals surface area contributed by atoms with E-state index in [-0.39, 0.29) is 5.92 Å². The third kappa shape index (κ3) is 2.05. The van der Waals surface area contributed by atoms with Gasteiger partial charge in [0.25, 0.3) is 0 Å². The van der Waals surface area contributed by atoms with Gasteiger partial charge in [-0.15, -0.1) is 0 Å². The minimum absolute atomic E-state index is 0.190. The lowest BCUT2D eigenvalue weighted by Crippen LogP contribution is -2.36. The van der Waals surface area contributed by atoms with Crippen molar-refractivity contribution in [3.63, 3.8) is 0 Å². The Hall–Kier alpha value is -1.83. The number of rotatable bonds is 2. The van der Waals surface area contributed by atoms with Gasteiger partial charge in [-0.25, -0.2) is 0 Å². The van der Waals surface area contributed by atoms with E-state index in [0.29, 0.717) is 23.7 Å². The van der Waals surface area contributed by atoms with E-state index in [4.69, 9.17) is 0 Å². The summed E-state index contributed by atoms with van der Waals surface area (Å²) in [6.07, 6.45) is 3.76. The molecule has 4 atom stereocenters. The molecule has 2 aliphatic rings. The Kier molecular flexibility index (Phi) is 3.21. The first-order valence-corrected chi connectivity index (χ1v) is 8.35. The molecule has 0 spiro atoms. The van der Waals surface area contributed by atoms with Gasteiger partial charge in [0.15, 0.2) is 0 Å². The molecule has 4 rings (SSSR count). The monoisotopic (exact) mass is 293 g/mol. The molecule has 2 aliphatic carbocycles. The average Bonchev–Trinajstić information content (AvgIpc) is 3.14. The van der Waals surface area contributed by atoms with E-state index in [1.807, 2.05) is 14.1 Å². The molecule has 114 valence electrons. The van der Waals surface area contributed by atoms with Crippen molar-refractivity contribution in [1.29, 1.82) is 0 Å². The fraction of sp³-hybridized carbons (Fsp3) is 0.450. The summed E-state index contributed by atoms with van der Waals surface area (Å²) < 4.78 is 0. The number of carbonyl (C=O) groups is 1. The van der Waals surface area contributed by atoms with Crippen molar-refractivity contribution in [3.8, 4) is 0 Å². The smallest absolute Gasteiger partial charge is 0.226 e. The van der Waals surface area contributed by atoms with Crippen LogP contribution in [0.5, 0.6) is 0 Å². The number of carbonyl (C=O) groups excluding carboxylic acids is 1. The Morgan fingerprint density at radius 1 is 1.00 bits per heavy atom. The summed E-state index contributed by atoms with van der Waals surface area (Å²) in [6, 6.07) is 15.3. The standard InChI is InChI=1S/C20H23NO/c1-21(2)20(22)19-17-10-9-16(12-17)18(19)15-8-7-13-5-3-4-6-14(13)11-15/h3-8,11,16-19H,9-10,12H2,1-2H3/t16-,17-,18?,19?/m0/s1. The molecule has 2 bridgehead atoms. The van der Waals surface area contributed by atoms with Gasteiger partial charge >= 0.3 is 0 Å². The topological polar surface area (TPSA) is 20.3 Å². The minimum atomic E-state index is 0.190. The number of nitrogens with zero attached hydrogens (tertiary/aromatic N) is 1. The number of hydrogen-bond donors (Lipinski definition) is 0. The van der Waals surface area contributed by atoms with Gasteiger partial charge in [-0.1, -0.05) is 42.5 Å². The molecule has 0 radical (unpaired) electrons. The Labute approximate surface area is 132 Å². The summed E-state index contributed by atoms with van der Waals surface area (Å²) in [7, 11) is 3.79. The van der Waals surface area contributed by atoms with Crippen LogP contribution in [0.15, 0.2) is 42.5 Å². The zero-order chi connectivity index (χ0) is 15.3. The predicted molar refractivity (Wildman–Crippen MR) is 89.7 cm³/mol. The highest BCUT2D eigenvalue weighted by molar-refractivity contribution is 5.84. The average molecular weight is 293 g/mol. The molecule has 2 nitrogen and oxygen atoms in total. The Morgan fingerprint density at radius 2 is 1.73 bits per heavy atom. The van der Waals surface area contributed by atoms with E-state index in [9.17, 15) is 4.79 Å². The van der Waals surface area contributed by atoms with E-state index in [2.05, 4.69) is 42.5 Å². The normalized spacial score (nSPS) is 29.9. The van der Waals surface area contributed by atoms with Crippen molar-refractivity contribution in [1.82, 2.24) is 4.90 Å². The number of benzene rings is 2. The van der Waals surface area contributed by atoms with Gasteiger partial charge in [-0.2, -0.15) is 0 Å². The Morgan fingerprint density at radius 3 is 2.50 bits per heavy atom. The van der Waals surface area contributed by atoms with Crippen molar-refractivity contribution in [2.45, 2.75) is 25.2 Å². The first kappa shape index (κ1) is 13.8. The molecule has 2 aromatic carbocycles. The lowest BCUT2D eigenvalue weighted by Gasteiger charge is -2.32. The van der Waals surface area contributed by atoms with Gasteiger partial charge < -0.3 is 4.90 Å². The first-order valence-electron chi connectivity index (χ1n) is 8.35. The largest absolute Gasteiger partial charge is 0.349 e. The van der Waals surface area contributed by atoms with Crippen LogP contribution >= 0.6 is 0 Å². The van der Waals surface area contributed by atoms with Crippen LogP contribution in [-0.4, -0.2) is 24.9 Å². The van der Waals surface area contributed by atoms with Crippen LogP contribution < -0.4 is 0 Å². The maximum atomic E-state index is 12.7. The van der Waals surface area contributed by atoms with Crippen molar-refractivity contribution in [2.24, 2.45) is 17.8 Å². The highest BCUT2D eigenvalue weighted by atomic mass is 16.2. The van der Waals surface area contributed by atoms with Crippen LogP contribution in [0.2, 0.25) is 0 Å². The van der Waals surface area contributed by atoms with E-state index in [0.717, 1.165) is 0 Å². The van der Waals surface area contributed by atoms with Crippen LogP contribution in [0.4, 0.5) is 0 Å². The molecule has 0 heterocycles. The van der Waals surface area contributed by atoms with Gasteiger partial charge in [-0.05, 0) is 53.4 Å². The van der Waals surface area contributed by atoms with Crippen molar-refractivity contribution in [3.05, 3.63) is 48.0 Å². The summed E-state index contributed by atoms with van der Waals surface area (Å²) in [5.74, 6) is 2.22. The number of fused-ring (bicyclic) bond motifs is 3. The van der Waals surface area contributed by atoms with Gasteiger partial charge in [0.1, 0.15) is 0 Å². The molecule has 1 amide bonds. The van der Waals surface area contributed by atoms with Crippen molar-refractivity contribution in [2.75, 3.05) is 14.1 Å². The zero-order valence-electron chi connectivity index (χ0n) is 13.3. The van der Waals surface area contributed by atoms with Crippen molar-refractivity contribution >= 4 is 16.7 Å². The van der Waals surface area contributed by atoms with Gasteiger partial charge in [0, 0.05) is 20.0 Å². The second kappa shape index (κ2) is 5.12. The maximum absolute atomic E-state index is 12.7. The lowest BCUT2D eigenvalue weighted by atomic mass is 9.74. The molecule has 2 fully saturated rings. The minimum Gasteiger partial charge on any atom is -0.349 e. The lowest BCUT2D eigenvalue weighted by molar-refractivity contribution is -0.135. The molecule has 2 saturated carbocycles. The summed E-state index contributed by atoms with van der Waals surface area (Å²) in [6.45, 7) is 0. The van der Waals surface area contributed by atoms with Crippen molar-refractivity contribution < 1.29 is 4.79 Å². The molecular weight excluding hydrogens is 270 g/mol. The van der Waals surface area contributed by atoms with Gasteiger partial charge in [0.2, 0.25) is 5.91 Å². The van der Waals surface area contributed by atoms with Crippen LogP contribution in [0.25, 0.3) is 10.8 Å². The van der Waals surface area contributed by atoms with Crippen LogP contribution in [0.3, 0.4) is 0 Å². The zero-order valence-corrected chi connectivity index (χ0v) is 13.3. The quantitative estimate of drug-likeness (QED) is 0.817. The van der Waals surface area contributed by atoms with E-state index in [1.54, 1.807) is 4.90 Å². The molecule has 0 aromatic heterocycles.